The van der Waals surface area contributed by atoms with Crippen LogP contribution < -0.4 is 0 Å². The van der Waals surface area contributed by atoms with Gasteiger partial charge < -0.3 is 14.2 Å². The molecule has 0 amide bonds. The highest BCUT2D eigenvalue weighted by Gasteiger charge is 2.52. The summed E-state index contributed by atoms with van der Waals surface area (Å²) in [6, 6.07) is 0. The first kappa shape index (κ1) is 18.0. The number of carbonyl (C=O) groups is 2. The van der Waals surface area contributed by atoms with E-state index in [1.165, 1.54) is 32.1 Å². The van der Waals surface area contributed by atoms with Crippen molar-refractivity contribution in [3.63, 3.8) is 0 Å². The smallest absolute Gasteiger partial charge is 0.311 e. The summed E-state index contributed by atoms with van der Waals surface area (Å²) in [5.74, 6) is 3.40. The highest BCUT2D eigenvalue weighted by atomic mass is 16.7. The molecule has 0 aromatic rings. The minimum absolute atomic E-state index is 0.0964. The molecule has 0 aliphatic heterocycles. The number of rotatable bonds is 6. The van der Waals surface area contributed by atoms with Gasteiger partial charge in [-0.05, 0) is 81.0 Å². The number of ether oxygens (including phenoxy) is 3. The highest BCUT2D eigenvalue weighted by Crippen LogP contribution is 2.55. The second kappa shape index (κ2) is 7.06. The Kier molecular flexibility index (Phi) is 4.69. The average Bonchev–Trinajstić information content (AvgIpc) is 3.23. The molecule has 0 heterocycles. The molecular weight excluding hydrogens is 344 g/mol. The highest BCUT2D eigenvalue weighted by molar-refractivity contribution is 5.74. The van der Waals surface area contributed by atoms with Crippen LogP contribution in [0, 0.1) is 41.4 Å². The Balaban J connectivity index is 1.11. The van der Waals surface area contributed by atoms with Crippen molar-refractivity contribution in [1.29, 1.82) is 0 Å². The average molecular weight is 376 g/mol. The van der Waals surface area contributed by atoms with Crippen LogP contribution >= 0.6 is 0 Å². The molecule has 4 unspecified atom stereocenters. The molecule has 0 aromatic heterocycles. The van der Waals surface area contributed by atoms with Crippen molar-refractivity contribution in [2.75, 3.05) is 6.79 Å². The van der Waals surface area contributed by atoms with Crippen molar-refractivity contribution in [2.45, 2.75) is 76.9 Å². The zero-order chi connectivity index (χ0) is 18.5. The van der Waals surface area contributed by atoms with Gasteiger partial charge in [-0.1, -0.05) is 6.92 Å². The molecule has 6 aliphatic carbocycles. The first-order chi connectivity index (χ1) is 13.1. The Morgan fingerprint density at radius 1 is 0.852 bits per heavy atom. The molecule has 5 nitrogen and oxygen atoms in total. The Morgan fingerprint density at radius 3 is 2.15 bits per heavy atom. The fourth-order valence-electron chi connectivity index (χ4n) is 7.37. The topological polar surface area (TPSA) is 61.8 Å². The van der Waals surface area contributed by atoms with Crippen LogP contribution in [0.4, 0.5) is 0 Å². The largest absolute Gasteiger partial charge is 0.462 e. The van der Waals surface area contributed by atoms with Crippen molar-refractivity contribution in [2.24, 2.45) is 41.4 Å². The van der Waals surface area contributed by atoms with Crippen molar-refractivity contribution in [3.8, 4) is 0 Å². The molecule has 6 bridgehead atoms. The van der Waals surface area contributed by atoms with Gasteiger partial charge in [-0.25, -0.2) is 0 Å². The van der Waals surface area contributed by atoms with Crippen LogP contribution in [0.3, 0.4) is 0 Å². The molecule has 6 saturated carbocycles. The Bertz CT molecular complexity index is 574. The van der Waals surface area contributed by atoms with Gasteiger partial charge in [-0.2, -0.15) is 0 Å². The van der Waals surface area contributed by atoms with E-state index in [0.717, 1.165) is 31.1 Å². The Morgan fingerprint density at radius 2 is 1.52 bits per heavy atom. The number of hydrogen-bond acceptors (Lipinski definition) is 5. The van der Waals surface area contributed by atoms with Crippen molar-refractivity contribution in [3.05, 3.63) is 0 Å². The summed E-state index contributed by atoms with van der Waals surface area (Å²) < 4.78 is 17.2. The molecule has 5 heteroatoms. The first-order valence-electron chi connectivity index (χ1n) is 11.1. The van der Waals surface area contributed by atoms with E-state index in [-0.39, 0.29) is 36.7 Å². The minimum atomic E-state index is -0.162. The molecule has 0 radical (unpaired) electrons. The van der Waals surface area contributed by atoms with Crippen LogP contribution in [0.15, 0.2) is 0 Å². The van der Waals surface area contributed by atoms with E-state index >= 15 is 0 Å². The molecule has 0 saturated heterocycles. The van der Waals surface area contributed by atoms with E-state index in [1.807, 2.05) is 6.92 Å². The zero-order valence-electron chi connectivity index (χ0n) is 16.3. The van der Waals surface area contributed by atoms with Crippen LogP contribution in [0.5, 0.6) is 0 Å². The molecule has 0 aromatic carbocycles. The van der Waals surface area contributed by atoms with E-state index in [9.17, 15) is 9.59 Å². The van der Waals surface area contributed by atoms with Crippen LogP contribution in [0.2, 0.25) is 0 Å². The third kappa shape index (κ3) is 3.30. The second-order valence-corrected chi connectivity index (χ2v) is 9.87. The third-order valence-corrected chi connectivity index (χ3v) is 8.23. The molecule has 0 spiro atoms. The molecule has 6 fully saturated rings. The van der Waals surface area contributed by atoms with Crippen LogP contribution in [-0.4, -0.2) is 30.9 Å². The summed E-state index contributed by atoms with van der Waals surface area (Å²) >= 11 is 0. The van der Waals surface area contributed by atoms with Crippen LogP contribution in [0.25, 0.3) is 0 Å². The van der Waals surface area contributed by atoms with E-state index in [2.05, 4.69) is 0 Å². The predicted octanol–water partition coefficient (Wildman–Crippen LogP) is 3.70. The van der Waals surface area contributed by atoms with Gasteiger partial charge in [-0.3, -0.25) is 9.59 Å². The Hall–Kier alpha value is -1.10. The normalized spacial score (nSPS) is 46.6. The van der Waals surface area contributed by atoms with Crippen molar-refractivity contribution >= 4 is 11.9 Å². The fraction of sp³-hybridized carbons (Fsp3) is 0.909. The first-order valence-corrected chi connectivity index (χ1v) is 11.1. The quantitative estimate of drug-likeness (QED) is 0.522. The van der Waals surface area contributed by atoms with E-state index in [1.54, 1.807) is 0 Å². The number of hydrogen-bond donors (Lipinski definition) is 0. The van der Waals surface area contributed by atoms with Crippen LogP contribution in [-0.2, 0) is 23.8 Å². The molecule has 6 aliphatic rings. The van der Waals surface area contributed by atoms with E-state index < -0.39 is 0 Å². The van der Waals surface area contributed by atoms with Gasteiger partial charge in [0, 0.05) is 12.3 Å². The predicted molar refractivity (Wildman–Crippen MR) is 97.4 cm³/mol. The lowest BCUT2D eigenvalue weighted by Crippen LogP contribution is -2.49. The molecule has 0 N–H and O–H groups in total. The summed E-state index contributed by atoms with van der Waals surface area (Å²) in [5.41, 5.74) is 0. The molecule has 150 valence electrons. The lowest BCUT2D eigenvalue weighted by molar-refractivity contribution is -0.192. The van der Waals surface area contributed by atoms with Gasteiger partial charge in [0.15, 0.2) is 6.79 Å². The summed E-state index contributed by atoms with van der Waals surface area (Å²) in [6.45, 7) is 1.90. The summed E-state index contributed by atoms with van der Waals surface area (Å²) in [5, 5.41) is 0. The maximum atomic E-state index is 12.6. The molecule has 6 rings (SSSR count). The standard InChI is InChI=1S/C22H32O5/c1-2-20(23)27-19-10-14-8-17(19)18(9-14)22(24)26-11-25-21-15-4-12-3-13(6-15)7-16(21)5-12/h12-19,21H,2-11H2,1H3. The van der Waals surface area contributed by atoms with Gasteiger partial charge in [-0.15, -0.1) is 0 Å². The second-order valence-electron chi connectivity index (χ2n) is 9.87. The third-order valence-electron chi connectivity index (χ3n) is 8.23. The number of esters is 2. The molecular formula is C22H32O5. The summed E-state index contributed by atoms with van der Waals surface area (Å²) in [4.78, 5) is 24.3. The zero-order valence-corrected chi connectivity index (χ0v) is 16.3. The number of fused-ring (bicyclic) bond motifs is 2. The number of carbonyl (C=O) groups excluding carboxylic acids is 2. The van der Waals surface area contributed by atoms with Gasteiger partial charge in [0.25, 0.3) is 0 Å². The van der Waals surface area contributed by atoms with E-state index in [4.69, 9.17) is 14.2 Å². The van der Waals surface area contributed by atoms with Crippen molar-refractivity contribution in [1.82, 2.24) is 0 Å². The van der Waals surface area contributed by atoms with Gasteiger partial charge in [0.1, 0.15) is 6.10 Å². The molecule has 4 atom stereocenters. The molecule has 27 heavy (non-hydrogen) atoms. The summed E-state index contributed by atoms with van der Waals surface area (Å²) in [6.07, 6.45) is 10.0. The SMILES string of the molecule is CCC(=O)OC1CC2CC(C(=O)OCOC3C4CC5CC(C4)CC3C5)C1C2. The van der Waals surface area contributed by atoms with Crippen LogP contribution in [0.1, 0.15) is 64.7 Å². The maximum Gasteiger partial charge on any atom is 0.311 e. The lowest BCUT2D eigenvalue weighted by atomic mass is 9.55. The lowest BCUT2D eigenvalue weighted by Gasteiger charge is -2.53. The van der Waals surface area contributed by atoms with E-state index in [0.29, 0.717) is 30.3 Å². The van der Waals surface area contributed by atoms with Gasteiger partial charge >= 0.3 is 11.9 Å². The summed E-state index contributed by atoms with van der Waals surface area (Å²) in [7, 11) is 0. The Labute approximate surface area is 161 Å². The van der Waals surface area contributed by atoms with Gasteiger partial charge in [0.05, 0.1) is 12.0 Å². The minimum Gasteiger partial charge on any atom is -0.462 e. The maximum absolute atomic E-state index is 12.6. The van der Waals surface area contributed by atoms with Crippen molar-refractivity contribution < 1.29 is 23.8 Å². The van der Waals surface area contributed by atoms with Gasteiger partial charge in [0.2, 0.25) is 0 Å². The fourth-order valence-corrected chi connectivity index (χ4v) is 7.37. The monoisotopic (exact) mass is 376 g/mol.